The Kier molecular flexibility index (Phi) is 3.38. The van der Waals surface area contributed by atoms with Crippen molar-refractivity contribution < 1.29 is 9.53 Å². The van der Waals surface area contributed by atoms with Gasteiger partial charge in [-0.05, 0) is 12.1 Å². The molecule has 0 aromatic heterocycles. The maximum Gasteiger partial charge on any atom is 0.340 e. The molecule has 0 atom stereocenters. The minimum absolute atomic E-state index is 0.434. The normalized spacial score (nSPS) is 9.92. The number of hydrogen-bond donors (Lipinski definition) is 0. The number of hydrogen-bond acceptors (Lipinski definition) is 2. The molecule has 1 aromatic carbocycles. The number of esters is 1. The van der Waals surface area contributed by atoms with Gasteiger partial charge in [-0.25, -0.2) is 4.79 Å². The smallest absolute Gasteiger partial charge is 0.340 e. The van der Waals surface area contributed by atoms with Crippen LogP contribution in [-0.2, 0) is 4.74 Å². The van der Waals surface area contributed by atoms with Crippen LogP contribution in [0.2, 0.25) is 0 Å². The molecule has 0 saturated carbocycles. The predicted molar refractivity (Wildman–Crippen MR) is 47.4 cm³/mol. The van der Waals surface area contributed by atoms with Crippen molar-refractivity contribution >= 4 is 29.2 Å². The molecule has 1 rings (SSSR count). The van der Waals surface area contributed by atoms with Gasteiger partial charge in [-0.1, -0.05) is 41.4 Å². The molecule has 12 heavy (non-hydrogen) atoms. The van der Waals surface area contributed by atoms with Crippen molar-refractivity contribution in [1.82, 2.24) is 0 Å². The van der Waals surface area contributed by atoms with Crippen molar-refractivity contribution in [3.05, 3.63) is 35.9 Å². The minimum Gasteiger partial charge on any atom is -0.428 e. The summed E-state index contributed by atoms with van der Waals surface area (Å²) in [7, 11) is 0. The van der Waals surface area contributed by atoms with Crippen LogP contribution < -0.4 is 0 Å². The summed E-state index contributed by atoms with van der Waals surface area (Å²) in [6, 6.07) is 8.51. The Morgan fingerprint density at radius 2 is 1.83 bits per heavy atom. The second kappa shape index (κ2) is 4.33. The lowest BCUT2D eigenvalue weighted by Gasteiger charge is -2.03. The standard InChI is InChI=1S/C8H6Cl2O2/c9-8(10)12-7(11)6-4-2-1-3-5-6/h1-5,8H. The van der Waals surface area contributed by atoms with Crippen LogP contribution in [0.5, 0.6) is 0 Å². The van der Waals surface area contributed by atoms with E-state index in [-0.39, 0.29) is 0 Å². The SMILES string of the molecule is O=C(OC(Cl)Cl)c1ccccc1. The van der Waals surface area contributed by atoms with Gasteiger partial charge in [0.2, 0.25) is 0 Å². The highest BCUT2D eigenvalue weighted by Gasteiger charge is 2.09. The summed E-state index contributed by atoms with van der Waals surface area (Å²) in [5, 5.41) is -1.11. The Morgan fingerprint density at radius 1 is 1.25 bits per heavy atom. The van der Waals surface area contributed by atoms with E-state index in [0.29, 0.717) is 5.56 Å². The zero-order valence-electron chi connectivity index (χ0n) is 6.04. The maximum atomic E-state index is 11.1. The van der Waals surface area contributed by atoms with Crippen LogP contribution in [0.15, 0.2) is 30.3 Å². The summed E-state index contributed by atoms with van der Waals surface area (Å²) < 4.78 is 4.53. The summed E-state index contributed by atoms with van der Waals surface area (Å²) in [6.07, 6.45) is 0. The van der Waals surface area contributed by atoms with Gasteiger partial charge in [0, 0.05) is 0 Å². The summed E-state index contributed by atoms with van der Waals surface area (Å²) in [4.78, 5) is 11.1. The lowest BCUT2D eigenvalue weighted by Crippen LogP contribution is -2.07. The quantitative estimate of drug-likeness (QED) is 0.547. The third-order valence-corrected chi connectivity index (χ3v) is 1.38. The van der Waals surface area contributed by atoms with Crippen molar-refractivity contribution in [2.24, 2.45) is 0 Å². The Morgan fingerprint density at radius 3 is 2.33 bits per heavy atom. The van der Waals surface area contributed by atoms with Crippen molar-refractivity contribution in [1.29, 1.82) is 0 Å². The Balaban J connectivity index is 2.66. The lowest BCUT2D eigenvalue weighted by atomic mass is 10.2. The number of alkyl halides is 2. The highest BCUT2D eigenvalue weighted by molar-refractivity contribution is 6.43. The highest BCUT2D eigenvalue weighted by atomic mass is 35.5. The maximum absolute atomic E-state index is 11.1. The fourth-order valence-corrected chi connectivity index (χ4v) is 0.885. The van der Waals surface area contributed by atoms with Gasteiger partial charge in [-0.15, -0.1) is 0 Å². The molecule has 64 valence electrons. The molecule has 0 aliphatic carbocycles. The largest absolute Gasteiger partial charge is 0.428 e. The number of carbonyl (C=O) groups excluding carboxylic acids is 1. The van der Waals surface area contributed by atoms with E-state index in [4.69, 9.17) is 23.2 Å². The van der Waals surface area contributed by atoms with E-state index in [1.165, 1.54) is 0 Å². The van der Waals surface area contributed by atoms with Gasteiger partial charge >= 0.3 is 5.97 Å². The van der Waals surface area contributed by atoms with Crippen LogP contribution in [0.3, 0.4) is 0 Å². The molecule has 0 radical (unpaired) electrons. The number of benzene rings is 1. The van der Waals surface area contributed by atoms with Gasteiger partial charge in [0.1, 0.15) is 0 Å². The molecule has 0 spiro atoms. The highest BCUT2D eigenvalue weighted by Crippen LogP contribution is 2.08. The first-order chi connectivity index (χ1) is 5.70. The van der Waals surface area contributed by atoms with E-state index >= 15 is 0 Å². The second-order valence-corrected chi connectivity index (χ2v) is 3.05. The molecule has 4 heteroatoms. The van der Waals surface area contributed by atoms with Gasteiger partial charge in [-0.3, -0.25) is 0 Å². The van der Waals surface area contributed by atoms with Crippen molar-refractivity contribution in [3.63, 3.8) is 0 Å². The molecule has 0 fully saturated rings. The van der Waals surface area contributed by atoms with Crippen molar-refractivity contribution in [2.75, 3.05) is 0 Å². The van der Waals surface area contributed by atoms with Crippen LogP contribution >= 0.6 is 23.2 Å². The number of ether oxygens (including phenoxy) is 1. The number of halogens is 2. The lowest BCUT2D eigenvalue weighted by molar-refractivity contribution is 0.0536. The van der Waals surface area contributed by atoms with E-state index in [1.54, 1.807) is 30.3 Å². The zero-order chi connectivity index (χ0) is 8.97. The molecule has 0 saturated heterocycles. The van der Waals surface area contributed by atoms with Crippen LogP contribution in [-0.4, -0.2) is 11.0 Å². The first-order valence-electron chi connectivity index (χ1n) is 3.24. The van der Waals surface area contributed by atoms with E-state index in [1.807, 2.05) is 0 Å². The molecule has 2 nitrogen and oxygen atoms in total. The number of carbonyl (C=O) groups is 1. The second-order valence-electron chi connectivity index (χ2n) is 2.03. The molecule has 0 N–H and O–H groups in total. The molecule has 0 unspecified atom stereocenters. The van der Waals surface area contributed by atoms with Crippen LogP contribution in [0.25, 0.3) is 0 Å². The summed E-state index contributed by atoms with van der Waals surface area (Å²) in [5.74, 6) is -0.523. The topological polar surface area (TPSA) is 26.3 Å². The fourth-order valence-electron chi connectivity index (χ4n) is 0.723. The third-order valence-electron chi connectivity index (χ3n) is 1.21. The average Bonchev–Trinajstić information content (AvgIpc) is 2.05. The first-order valence-corrected chi connectivity index (χ1v) is 4.11. The minimum atomic E-state index is -1.11. The molecular formula is C8H6Cl2O2. The predicted octanol–water partition coefficient (Wildman–Crippen LogP) is 2.60. The van der Waals surface area contributed by atoms with E-state index in [9.17, 15) is 4.79 Å². The monoisotopic (exact) mass is 204 g/mol. The van der Waals surface area contributed by atoms with Gasteiger partial charge in [0.25, 0.3) is 5.02 Å². The molecule has 0 aliphatic heterocycles. The Hall–Kier alpha value is -0.730. The number of rotatable bonds is 2. The molecule has 0 amide bonds. The summed E-state index contributed by atoms with van der Waals surface area (Å²) in [6.45, 7) is 0. The van der Waals surface area contributed by atoms with E-state index in [2.05, 4.69) is 4.74 Å². The zero-order valence-corrected chi connectivity index (χ0v) is 7.55. The molecule has 1 aromatic rings. The molecule has 0 heterocycles. The molecule has 0 aliphatic rings. The molecular weight excluding hydrogens is 199 g/mol. The van der Waals surface area contributed by atoms with Crippen LogP contribution in [0, 0.1) is 0 Å². The summed E-state index contributed by atoms with van der Waals surface area (Å²) in [5.41, 5.74) is 0.434. The van der Waals surface area contributed by atoms with Gasteiger partial charge < -0.3 is 4.74 Å². The Labute approximate surface area is 80.0 Å². The fraction of sp³-hybridized carbons (Fsp3) is 0.125. The van der Waals surface area contributed by atoms with Crippen LogP contribution in [0.1, 0.15) is 10.4 Å². The van der Waals surface area contributed by atoms with Gasteiger partial charge in [-0.2, -0.15) is 0 Å². The summed E-state index contributed by atoms with van der Waals surface area (Å²) >= 11 is 10.5. The van der Waals surface area contributed by atoms with E-state index in [0.717, 1.165) is 0 Å². The van der Waals surface area contributed by atoms with Crippen molar-refractivity contribution in [3.8, 4) is 0 Å². The Bertz CT molecular complexity index is 259. The van der Waals surface area contributed by atoms with Crippen LogP contribution in [0.4, 0.5) is 0 Å². The first kappa shape index (κ1) is 9.36. The third kappa shape index (κ3) is 2.72. The van der Waals surface area contributed by atoms with E-state index < -0.39 is 11.0 Å². The van der Waals surface area contributed by atoms with Crippen molar-refractivity contribution in [2.45, 2.75) is 5.02 Å². The van der Waals surface area contributed by atoms with Gasteiger partial charge in [0.05, 0.1) is 5.56 Å². The average molecular weight is 205 g/mol. The molecule has 0 bridgehead atoms. The van der Waals surface area contributed by atoms with Gasteiger partial charge in [0.15, 0.2) is 0 Å².